The van der Waals surface area contributed by atoms with Gasteiger partial charge in [-0.25, -0.2) is 4.98 Å². The van der Waals surface area contributed by atoms with Crippen molar-refractivity contribution in [2.24, 2.45) is 0 Å². The van der Waals surface area contributed by atoms with Crippen LogP contribution in [0.3, 0.4) is 0 Å². The highest BCUT2D eigenvalue weighted by Gasteiger charge is 2.27. The van der Waals surface area contributed by atoms with E-state index >= 15 is 0 Å². The number of para-hydroxylation sites is 2. The van der Waals surface area contributed by atoms with Gasteiger partial charge in [-0.05, 0) is 12.1 Å². The van der Waals surface area contributed by atoms with Crippen LogP contribution in [0.1, 0.15) is 9.67 Å². The number of amides is 1. The number of thiazole rings is 1. The number of aromatic nitrogens is 1. The number of nitrogens with zero attached hydrogens (tertiary/aromatic N) is 3. The molecule has 4 rings (SSSR count). The fraction of sp³-hybridized carbons (Fsp3) is 0.158. The van der Waals surface area contributed by atoms with Gasteiger partial charge in [0, 0.05) is 25.7 Å². The Morgan fingerprint density at radius 1 is 1.00 bits per heavy atom. The van der Waals surface area contributed by atoms with Gasteiger partial charge in [-0.1, -0.05) is 42.5 Å². The molecule has 1 aromatic heterocycles. The van der Waals surface area contributed by atoms with Crippen LogP contribution in [-0.2, 0) is 0 Å². The van der Waals surface area contributed by atoms with E-state index in [-0.39, 0.29) is 5.91 Å². The van der Waals surface area contributed by atoms with Crippen LogP contribution in [0.4, 0.5) is 11.4 Å². The molecule has 2 heterocycles. The van der Waals surface area contributed by atoms with E-state index in [4.69, 9.17) is 0 Å². The van der Waals surface area contributed by atoms with Crippen molar-refractivity contribution in [1.29, 1.82) is 0 Å². The first-order valence-electron chi connectivity index (χ1n) is 7.87. The van der Waals surface area contributed by atoms with Gasteiger partial charge in [0.15, 0.2) is 0 Å². The van der Waals surface area contributed by atoms with Gasteiger partial charge in [0.05, 0.1) is 17.6 Å². The molecule has 0 fully saturated rings. The molecule has 0 bridgehead atoms. The van der Waals surface area contributed by atoms with Crippen molar-refractivity contribution in [2.75, 3.05) is 29.9 Å². The second kappa shape index (κ2) is 6.09. The van der Waals surface area contributed by atoms with E-state index in [1.807, 2.05) is 53.4 Å². The zero-order valence-electron chi connectivity index (χ0n) is 13.3. The van der Waals surface area contributed by atoms with Crippen LogP contribution in [0.15, 0.2) is 60.8 Å². The summed E-state index contributed by atoms with van der Waals surface area (Å²) in [5.41, 5.74) is 3.09. The van der Waals surface area contributed by atoms with Gasteiger partial charge in [-0.2, -0.15) is 0 Å². The summed E-state index contributed by atoms with van der Waals surface area (Å²) in [6, 6.07) is 18.0. The van der Waals surface area contributed by atoms with Crippen molar-refractivity contribution in [3.8, 4) is 10.6 Å². The number of carbonyl (C=O) groups is 1. The minimum absolute atomic E-state index is 0.0234. The summed E-state index contributed by atoms with van der Waals surface area (Å²) in [6.45, 7) is 1.51. The molecule has 0 unspecified atom stereocenters. The molecule has 0 radical (unpaired) electrons. The molecule has 120 valence electrons. The number of carbonyl (C=O) groups excluding carboxylic acids is 1. The number of rotatable bonds is 2. The first kappa shape index (κ1) is 14.9. The second-order valence-electron chi connectivity index (χ2n) is 5.76. The van der Waals surface area contributed by atoms with E-state index < -0.39 is 0 Å². The van der Waals surface area contributed by atoms with E-state index in [1.165, 1.54) is 11.3 Å². The van der Waals surface area contributed by atoms with Crippen molar-refractivity contribution in [2.45, 2.75) is 0 Å². The highest BCUT2D eigenvalue weighted by Crippen LogP contribution is 2.34. The van der Waals surface area contributed by atoms with E-state index in [2.05, 4.69) is 23.0 Å². The molecule has 1 aliphatic heterocycles. The molecule has 1 aliphatic rings. The smallest absolute Gasteiger partial charge is 0.270 e. The minimum atomic E-state index is 0.0234. The summed E-state index contributed by atoms with van der Waals surface area (Å²) >= 11 is 1.45. The lowest BCUT2D eigenvalue weighted by molar-refractivity contribution is 0.0990. The maximum atomic E-state index is 13.0. The monoisotopic (exact) mass is 335 g/mol. The van der Waals surface area contributed by atoms with Gasteiger partial charge in [-0.3, -0.25) is 4.79 Å². The average molecular weight is 335 g/mol. The van der Waals surface area contributed by atoms with Crippen molar-refractivity contribution in [3.63, 3.8) is 0 Å². The fourth-order valence-electron chi connectivity index (χ4n) is 2.94. The summed E-state index contributed by atoms with van der Waals surface area (Å²) in [6.07, 6.45) is 1.69. The first-order chi connectivity index (χ1) is 11.7. The number of likely N-dealkylation sites (N-methyl/N-ethyl adjacent to an activating group) is 1. The molecule has 0 saturated heterocycles. The summed E-state index contributed by atoms with van der Waals surface area (Å²) < 4.78 is 0. The molecule has 1 amide bonds. The number of benzene rings is 2. The van der Waals surface area contributed by atoms with E-state index in [0.717, 1.165) is 28.5 Å². The molecule has 2 aromatic carbocycles. The third-order valence-electron chi connectivity index (χ3n) is 4.23. The zero-order valence-corrected chi connectivity index (χ0v) is 14.2. The Labute approximate surface area is 145 Å². The topological polar surface area (TPSA) is 36.4 Å². The predicted octanol–water partition coefficient (Wildman–Crippen LogP) is 3.91. The number of hydrogen-bond donors (Lipinski definition) is 0. The Balaban J connectivity index is 1.66. The fourth-order valence-corrected chi connectivity index (χ4v) is 3.81. The normalized spacial score (nSPS) is 13.7. The Kier molecular flexibility index (Phi) is 3.78. The zero-order chi connectivity index (χ0) is 16.5. The SMILES string of the molecule is CN1CCN(C(=O)c2cnc(-c3ccccc3)s2)c2ccccc21. The molecule has 0 saturated carbocycles. The van der Waals surface area contributed by atoms with Crippen molar-refractivity contribution < 1.29 is 4.79 Å². The minimum Gasteiger partial charge on any atom is -0.371 e. The Morgan fingerprint density at radius 3 is 2.50 bits per heavy atom. The molecule has 24 heavy (non-hydrogen) atoms. The van der Waals surface area contributed by atoms with Crippen molar-refractivity contribution >= 4 is 28.6 Å². The van der Waals surface area contributed by atoms with E-state index in [9.17, 15) is 4.79 Å². The Hall–Kier alpha value is -2.66. The van der Waals surface area contributed by atoms with Crippen LogP contribution in [0.5, 0.6) is 0 Å². The lowest BCUT2D eigenvalue weighted by Gasteiger charge is -2.35. The highest BCUT2D eigenvalue weighted by molar-refractivity contribution is 7.17. The lowest BCUT2D eigenvalue weighted by atomic mass is 10.1. The van der Waals surface area contributed by atoms with E-state index in [1.54, 1.807) is 6.20 Å². The molecular formula is C19H17N3OS. The van der Waals surface area contributed by atoms with Gasteiger partial charge in [0.1, 0.15) is 9.88 Å². The van der Waals surface area contributed by atoms with E-state index in [0.29, 0.717) is 11.4 Å². The Morgan fingerprint density at radius 2 is 1.71 bits per heavy atom. The average Bonchev–Trinajstić information content (AvgIpc) is 3.13. The molecule has 3 aromatic rings. The third kappa shape index (κ3) is 2.57. The third-order valence-corrected chi connectivity index (χ3v) is 5.26. The maximum Gasteiger partial charge on any atom is 0.270 e. The number of anilines is 2. The lowest BCUT2D eigenvalue weighted by Crippen LogP contribution is -2.42. The molecule has 4 nitrogen and oxygen atoms in total. The highest BCUT2D eigenvalue weighted by atomic mass is 32.1. The maximum absolute atomic E-state index is 13.0. The van der Waals surface area contributed by atoms with Gasteiger partial charge in [0.25, 0.3) is 5.91 Å². The summed E-state index contributed by atoms with van der Waals surface area (Å²) in [4.78, 5) is 22.1. The summed E-state index contributed by atoms with van der Waals surface area (Å²) in [7, 11) is 2.06. The molecule has 0 N–H and O–H groups in total. The predicted molar refractivity (Wildman–Crippen MR) is 98.9 cm³/mol. The number of fused-ring (bicyclic) bond motifs is 1. The van der Waals surface area contributed by atoms with Crippen LogP contribution in [-0.4, -0.2) is 31.0 Å². The molecule has 5 heteroatoms. The van der Waals surface area contributed by atoms with Gasteiger partial charge < -0.3 is 9.80 Å². The van der Waals surface area contributed by atoms with Crippen molar-refractivity contribution in [3.05, 3.63) is 65.7 Å². The Bertz CT molecular complexity index is 875. The van der Waals surface area contributed by atoms with Crippen LogP contribution in [0.2, 0.25) is 0 Å². The van der Waals surface area contributed by atoms with Crippen LogP contribution >= 0.6 is 11.3 Å². The second-order valence-corrected chi connectivity index (χ2v) is 6.79. The van der Waals surface area contributed by atoms with Crippen molar-refractivity contribution in [1.82, 2.24) is 4.98 Å². The standard InChI is InChI=1S/C19H17N3OS/c1-21-11-12-22(16-10-6-5-9-15(16)21)19(23)17-13-20-18(24-17)14-7-3-2-4-8-14/h2-10,13H,11-12H2,1H3. The summed E-state index contributed by atoms with van der Waals surface area (Å²) in [5, 5.41) is 0.876. The molecular weight excluding hydrogens is 318 g/mol. The summed E-state index contributed by atoms with van der Waals surface area (Å²) in [5.74, 6) is 0.0234. The first-order valence-corrected chi connectivity index (χ1v) is 8.69. The van der Waals surface area contributed by atoms with Gasteiger partial charge >= 0.3 is 0 Å². The quantitative estimate of drug-likeness (QED) is 0.712. The van der Waals surface area contributed by atoms with Crippen LogP contribution in [0, 0.1) is 0 Å². The van der Waals surface area contributed by atoms with Gasteiger partial charge in [0.2, 0.25) is 0 Å². The molecule has 0 spiro atoms. The molecule has 0 atom stereocenters. The largest absolute Gasteiger partial charge is 0.371 e. The van der Waals surface area contributed by atoms with Crippen LogP contribution < -0.4 is 9.80 Å². The number of hydrogen-bond acceptors (Lipinski definition) is 4. The molecule has 0 aliphatic carbocycles. The van der Waals surface area contributed by atoms with Gasteiger partial charge in [-0.15, -0.1) is 11.3 Å². The van der Waals surface area contributed by atoms with Crippen LogP contribution in [0.25, 0.3) is 10.6 Å².